The fourth-order valence-electron chi connectivity index (χ4n) is 5.71. The Balaban J connectivity index is 1.33. The standard InChI is InChI=1S/C21H27BrN2O3/c1-24(2)17-5-3-16(4-6-17)23-18(25)12-27-19(26)20-8-14-7-15(9-20)11-21(22,10-14)13-20/h3-6,14-15H,7-13H2,1-2H3,(H,23,25). The van der Waals surface area contributed by atoms with Crippen molar-refractivity contribution in [3.05, 3.63) is 24.3 Å². The lowest BCUT2D eigenvalue weighted by atomic mass is 9.49. The summed E-state index contributed by atoms with van der Waals surface area (Å²) in [6.45, 7) is -0.222. The molecule has 4 saturated carbocycles. The van der Waals surface area contributed by atoms with Crippen LogP contribution in [0.2, 0.25) is 0 Å². The molecule has 0 aliphatic heterocycles. The first kappa shape index (κ1) is 18.8. The second-order valence-electron chi connectivity index (χ2n) is 8.96. The van der Waals surface area contributed by atoms with E-state index in [1.807, 2.05) is 43.3 Å². The number of esters is 1. The third-order valence-electron chi connectivity index (χ3n) is 6.42. The van der Waals surface area contributed by atoms with Crippen molar-refractivity contribution < 1.29 is 14.3 Å². The van der Waals surface area contributed by atoms with Gasteiger partial charge in [0.05, 0.1) is 5.41 Å². The van der Waals surface area contributed by atoms with Gasteiger partial charge in [-0.25, -0.2) is 0 Å². The van der Waals surface area contributed by atoms with E-state index in [4.69, 9.17) is 4.74 Å². The Bertz CT molecular complexity index is 732. The van der Waals surface area contributed by atoms with Gasteiger partial charge in [0.25, 0.3) is 5.91 Å². The predicted octanol–water partition coefficient (Wildman–Crippen LogP) is 3.97. The SMILES string of the molecule is CN(C)c1ccc(NC(=O)COC(=O)C23CC4CC(CC(Br)(C4)C2)C3)cc1. The molecule has 5 rings (SSSR count). The molecule has 1 amide bonds. The number of nitrogens with one attached hydrogen (secondary N) is 1. The molecule has 146 valence electrons. The Morgan fingerprint density at radius 3 is 2.33 bits per heavy atom. The number of carbonyl (C=O) groups excluding carboxylic acids is 2. The highest BCUT2D eigenvalue weighted by molar-refractivity contribution is 9.10. The van der Waals surface area contributed by atoms with Crippen LogP contribution in [0.4, 0.5) is 11.4 Å². The quantitative estimate of drug-likeness (QED) is 0.562. The summed E-state index contributed by atoms with van der Waals surface area (Å²) in [6, 6.07) is 7.57. The summed E-state index contributed by atoms with van der Waals surface area (Å²) in [5.74, 6) is 0.752. The van der Waals surface area contributed by atoms with Crippen molar-refractivity contribution in [3.63, 3.8) is 0 Å². The monoisotopic (exact) mass is 434 g/mol. The van der Waals surface area contributed by atoms with Crippen molar-refractivity contribution in [1.82, 2.24) is 0 Å². The van der Waals surface area contributed by atoms with E-state index in [1.165, 1.54) is 19.3 Å². The molecule has 4 aliphatic rings. The zero-order valence-corrected chi connectivity index (χ0v) is 17.5. The van der Waals surface area contributed by atoms with Crippen LogP contribution in [0.5, 0.6) is 0 Å². The lowest BCUT2D eigenvalue weighted by Crippen LogP contribution is -2.56. The molecule has 0 heterocycles. The summed E-state index contributed by atoms with van der Waals surface area (Å²) >= 11 is 3.91. The minimum absolute atomic E-state index is 0.104. The van der Waals surface area contributed by atoms with E-state index in [0.717, 1.165) is 24.9 Å². The highest BCUT2D eigenvalue weighted by atomic mass is 79.9. The van der Waals surface area contributed by atoms with Gasteiger partial charge in [0.15, 0.2) is 6.61 Å². The van der Waals surface area contributed by atoms with Crippen molar-refractivity contribution in [1.29, 1.82) is 0 Å². The van der Waals surface area contributed by atoms with E-state index < -0.39 is 0 Å². The normalized spacial score (nSPS) is 33.6. The molecule has 0 saturated heterocycles. The van der Waals surface area contributed by atoms with Gasteiger partial charge in [-0.05, 0) is 74.6 Å². The Labute approximate surface area is 169 Å². The first-order valence-corrected chi connectivity index (χ1v) is 10.5. The average molecular weight is 435 g/mol. The molecule has 27 heavy (non-hydrogen) atoms. The molecule has 6 heteroatoms. The third-order valence-corrected chi connectivity index (χ3v) is 7.35. The fourth-order valence-corrected chi connectivity index (χ4v) is 7.17. The minimum Gasteiger partial charge on any atom is -0.455 e. The first-order chi connectivity index (χ1) is 12.8. The zero-order valence-electron chi connectivity index (χ0n) is 16.0. The van der Waals surface area contributed by atoms with Gasteiger partial charge in [-0.1, -0.05) is 15.9 Å². The van der Waals surface area contributed by atoms with Gasteiger partial charge in [-0.2, -0.15) is 0 Å². The number of hydrogen-bond acceptors (Lipinski definition) is 4. The van der Waals surface area contributed by atoms with Gasteiger partial charge >= 0.3 is 5.97 Å². The minimum atomic E-state index is -0.388. The van der Waals surface area contributed by atoms with Crippen LogP contribution in [0, 0.1) is 17.3 Å². The summed E-state index contributed by atoms with van der Waals surface area (Å²) < 4.78 is 5.59. The second-order valence-corrected chi connectivity index (χ2v) is 10.6. The molecule has 0 radical (unpaired) electrons. The van der Waals surface area contributed by atoms with Crippen LogP contribution in [-0.4, -0.2) is 36.9 Å². The maximum Gasteiger partial charge on any atom is 0.312 e. The van der Waals surface area contributed by atoms with Crippen LogP contribution >= 0.6 is 15.9 Å². The van der Waals surface area contributed by atoms with Gasteiger partial charge in [0.1, 0.15) is 0 Å². The molecule has 4 fully saturated rings. The molecule has 5 nitrogen and oxygen atoms in total. The highest BCUT2D eigenvalue weighted by Gasteiger charge is 2.60. The molecule has 4 aliphatic carbocycles. The van der Waals surface area contributed by atoms with E-state index >= 15 is 0 Å². The van der Waals surface area contributed by atoms with Crippen molar-refractivity contribution in [2.75, 3.05) is 30.9 Å². The zero-order chi connectivity index (χ0) is 19.2. The molecule has 2 atom stereocenters. The number of nitrogens with zero attached hydrogens (tertiary/aromatic N) is 1. The van der Waals surface area contributed by atoms with Gasteiger partial charge < -0.3 is 15.0 Å². The summed E-state index contributed by atoms with van der Waals surface area (Å²) in [4.78, 5) is 27.1. The number of anilines is 2. The van der Waals surface area contributed by atoms with E-state index in [9.17, 15) is 9.59 Å². The third kappa shape index (κ3) is 3.73. The number of ether oxygens (including phenoxy) is 1. The van der Waals surface area contributed by atoms with Crippen LogP contribution in [0.15, 0.2) is 24.3 Å². The van der Waals surface area contributed by atoms with E-state index in [-0.39, 0.29) is 28.2 Å². The van der Waals surface area contributed by atoms with Crippen LogP contribution in [0.25, 0.3) is 0 Å². The summed E-state index contributed by atoms with van der Waals surface area (Å²) in [5.41, 5.74) is 1.38. The van der Waals surface area contributed by atoms with Gasteiger partial charge in [-0.3, -0.25) is 9.59 Å². The largest absolute Gasteiger partial charge is 0.455 e. The summed E-state index contributed by atoms with van der Waals surface area (Å²) in [6.07, 6.45) is 6.27. The number of amides is 1. The lowest BCUT2D eigenvalue weighted by Gasteiger charge is -2.58. The summed E-state index contributed by atoms with van der Waals surface area (Å²) in [7, 11) is 3.93. The number of rotatable bonds is 5. The number of benzene rings is 1. The van der Waals surface area contributed by atoms with E-state index in [1.54, 1.807) is 0 Å². The Kier molecular flexibility index (Phi) is 4.73. The molecule has 1 aromatic carbocycles. The van der Waals surface area contributed by atoms with Gasteiger partial charge in [0, 0.05) is 29.8 Å². The van der Waals surface area contributed by atoms with Crippen molar-refractivity contribution in [3.8, 4) is 0 Å². The Morgan fingerprint density at radius 2 is 1.78 bits per heavy atom. The Morgan fingerprint density at radius 1 is 1.15 bits per heavy atom. The number of alkyl halides is 1. The first-order valence-electron chi connectivity index (χ1n) is 9.70. The van der Waals surface area contributed by atoms with Crippen LogP contribution < -0.4 is 10.2 Å². The molecular formula is C21H27BrN2O3. The highest BCUT2D eigenvalue weighted by Crippen LogP contribution is 2.64. The lowest BCUT2D eigenvalue weighted by molar-refractivity contribution is -0.170. The molecule has 4 bridgehead atoms. The fraction of sp³-hybridized carbons (Fsp3) is 0.619. The maximum absolute atomic E-state index is 12.9. The predicted molar refractivity (Wildman–Crippen MR) is 109 cm³/mol. The van der Waals surface area contributed by atoms with E-state index in [0.29, 0.717) is 17.5 Å². The van der Waals surface area contributed by atoms with Crippen LogP contribution in [0.1, 0.15) is 38.5 Å². The van der Waals surface area contributed by atoms with Crippen molar-refractivity contribution >= 4 is 39.2 Å². The topological polar surface area (TPSA) is 58.6 Å². The smallest absolute Gasteiger partial charge is 0.312 e. The van der Waals surface area contributed by atoms with Gasteiger partial charge in [-0.15, -0.1) is 0 Å². The number of hydrogen-bond donors (Lipinski definition) is 1. The summed E-state index contributed by atoms with van der Waals surface area (Å²) in [5, 5.41) is 2.80. The molecule has 2 unspecified atom stereocenters. The second kappa shape index (κ2) is 6.80. The van der Waals surface area contributed by atoms with Crippen molar-refractivity contribution in [2.45, 2.75) is 42.8 Å². The Hall–Kier alpha value is -1.56. The average Bonchev–Trinajstić information content (AvgIpc) is 2.58. The maximum atomic E-state index is 12.9. The van der Waals surface area contributed by atoms with Crippen molar-refractivity contribution in [2.24, 2.45) is 17.3 Å². The van der Waals surface area contributed by atoms with Crippen LogP contribution in [-0.2, 0) is 14.3 Å². The number of halogens is 1. The molecule has 0 aromatic heterocycles. The van der Waals surface area contributed by atoms with E-state index in [2.05, 4.69) is 21.2 Å². The molecule has 1 N–H and O–H groups in total. The molecular weight excluding hydrogens is 408 g/mol. The van der Waals surface area contributed by atoms with Gasteiger partial charge in [0.2, 0.25) is 0 Å². The molecule has 0 spiro atoms. The number of carbonyl (C=O) groups is 2. The molecule has 1 aromatic rings. The van der Waals surface area contributed by atoms with Crippen LogP contribution in [0.3, 0.4) is 0 Å².